The van der Waals surface area contributed by atoms with Crippen molar-refractivity contribution in [2.45, 2.75) is 39.7 Å². The van der Waals surface area contributed by atoms with Gasteiger partial charge in [0.05, 0.1) is 13.1 Å². The molecule has 3 rings (SSSR count). The molecule has 1 fully saturated rings. The normalized spacial score (nSPS) is 20.9. The Morgan fingerprint density at radius 2 is 1.71 bits per heavy atom. The maximum atomic E-state index is 13.1. The second-order valence-corrected chi connectivity index (χ2v) is 8.53. The van der Waals surface area contributed by atoms with Crippen molar-refractivity contribution in [1.29, 1.82) is 0 Å². The first-order valence-corrected chi connectivity index (χ1v) is 10.6. The molecule has 2 heterocycles. The Morgan fingerprint density at radius 1 is 1.07 bits per heavy atom. The van der Waals surface area contributed by atoms with Crippen LogP contribution in [0.4, 0.5) is 5.69 Å². The van der Waals surface area contributed by atoms with Crippen LogP contribution in [0.25, 0.3) is 0 Å². The summed E-state index contributed by atoms with van der Waals surface area (Å²) in [6.07, 6.45) is 2.06. The largest absolute Gasteiger partial charge is 0.355 e. The second kappa shape index (κ2) is 9.52. The van der Waals surface area contributed by atoms with Gasteiger partial charge in [0.15, 0.2) is 0 Å². The number of carbonyl (C=O) groups excluding carboxylic acids is 2. The van der Waals surface area contributed by atoms with Crippen molar-refractivity contribution in [2.75, 3.05) is 50.7 Å². The van der Waals surface area contributed by atoms with E-state index in [1.807, 2.05) is 17.0 Å². The van der Waals surface area contributed by atoms with Crippen molar-refractivity contribution in [3.63, 3.8) is 0 Å². The van der Waals surface area contributed by atoms with Gasteiger partial charge in [0.2, 0.25) is 11.8 Å². The van der Waals surface area contributed by atoms with Gasteiger partial charge in [0.25, 0.3) is 0 Å². The molecule has 1 N–H and O–H groups in total. The molecular weight excluding hydrogens is 352 g/mol. The quantitative estimate of drug-likeness (QED) is 0.809. The van der Waals surface area contributed by atoms with Gasteiger partial charge >= 0.3 is 0 Å². The van der Waals surface area contributed by atoms with Crippen molar-refractivity contribution in [2.24, 2.45) is 5.92 Å². The van der Waals surface area contributed by atoms with Gasteiger partial charge in [-0.25, -0.2) is 0 Å². The molecule has 6 nitrogen and oxygen atoms in total. The van der Waals surface area contributed by atoms with Gasteiger partial charge in [0.1, 0.15) is 0 Å². The number of benzene rings is 1. The number of para-hydroxylation sites is 1. The van der Waals surface area contributed by atoms with Crippen LogP contribution in [0.2, 0.25) is 0 Å². The zero-order valence-corrected chi connectivity index (χ0v) is 17.5. The maximum Gasteiger partial charge on any atom is 0.241 e. The molecule has 0 aliphatic carbocycles. The second-order valence-electron chi connectivity index (χ2n) is 8.53. The summed E-state index contributed by atoms with van der Waals surface area (Å²) in [6, 6.07) is 8.50. The van der Waals surface area contributed by atoms with E-state index in [-0.39, 0.29) is 17.9 Å². The van der Waals surface area contributed by atoms with E-state index in [9.17, 15) is 9.59 Å². The zero-order valence-electron chi connectivity index (χ0n) is 17.5. The van der Waals surface area contributed by atoms with E-state index in [2.05, 4.69) is 48.0 Å². The average molecular weight is 387 g/mol. The molecule has 2 aliphatic heterocycles. The number of aryl methyl sites for hydroxylation is 1. The highest BCUT2D eigenvalue weighted by molar-refractivity contribution is 5.96. The van der Waals surface area contributed by atoms with Crippen molar-refractivity contribution < 1.29 is 9.59 Å². The number of hydrogen-bond donors (Lipinski definition) is 1. The van der Waals surface area contributed by atoms with E-state index in [0.717, 1.165) is 51.3 Å². The predicted octanol–water partition coefficient (Wildman–Crippen LogP) is 1.74. The SMILES string of the molecule is CC(C)CNC(=O)CN1CCN(CC(=O)N2c3ccccc3CCC2C)CC1. The summed E-state index contributed by atoms with van der Waals surface area (Å²) in [4.78, 5) is 31.4. The number of anilines is 1. The molecule has 0 radical (unpaired) electrons. The van der Waals surface area contributed by atoms with Crippen LogP contribution in [0.1, 0.15) is 32.8 Å². The van der Waals surface area contributed by atoms with Crippen LogP contribution in [0.15, 0.2) is 24.3 Å². The summed E-state index contributed by atoms with van der Waals surface area (Å²) in [5.41, 5.74) is 2.35. The fraction of sp³-hybridized carbons (Fsp3) is 0.636. The monoisotopic (exact) mass is 386 g/mol. The predicted molar refractivity (Wildman–Crippen MR) is 112 cm³/mol. The van der Waals surface area contributed by atoms with E-state index < -0.39 is 0 Å². The fourth-order valence-corrected chi connectivity index (χ4v) is 4.02. The number of rotatable bonds is 6. The van der Waals surface area contributed by atoms with Gasteiger partial charge in [-0.1, -0.05) is 32.0 Å². The minimum absolute atomic E-state index is 0.0944. The third kappa shape index (κ3) is 5.32. The van der Waals surface area contributed by atoms with Crippen molar-refractivity contribution in [1.82, 2.24) is 15.1 Å². The Balaban J connectivity index is 1.48. The average Bonchev–Trinajstić information content (AvgIpc) is 2.67. The number of amides is 2. The molecule has 28 heavy (non-hydrogen) atoms. The molecule has 2 amide bonds. The first-order valence-electron chi connectivity index (χ1n) is 10.6. The number of nitrogens with zero attached hydrogens (tertiary/aromatic N) is 3. The number of carbonyl (C=O) groups is 2. The number of piperazine rings is 1. The lowest BCUT2D eigenvalue weighted by Crippen LogP contribution is -2.53. The lowest BCUT2D eigenvalue weighted by molar-refractivity contribution is -0.124. The van der Waals surface area contributed by atoms with Crippen molar-refractivity contribution in [3.8, 4) is 0 Å². The van der Waals surface area contributed by atoms with Crippen LogP contribution in [0.3, 0.4) is 0 Å². The van der Waals surface area contributed by atoms with Crippen molar-refractivity contribution in [3.05, 3.63) is 29.8 Å². The highest BCUT2D eigenvalue weighted by Gasteiger charge is 2.29. The topological polar surface area (TPSA) is 55.9 Å². The van der Waals surface area contributed by atoms with Gasteiger partial charge in [0, 0.05) is 44.5 Å². The Labute approximate surface area is 168 Å². The van der Waals surface area contributed by atoms with Gasteiger partial charge in [-0.15, -0.1) is 0 Å². The lowest BCUT2D eigenvalue weighted by Gasteiger charge is -2.38. The molecule has 1 atom stereocenters. The first-order chi connectivity index (χ1) is 13.4. The minimum Gasteiger partial charge on any atom is -0.355 e. The van der Waals surface area contributed by atoms with Crippen LogP contribution < -0.4 is 10.2 Å². The van der Waals surface area contributed by atoms with E-state index in [1.54, 1.807) is 0 Å². The van der Waals surface area contributed by atoms with Crippen LogP contribution in [0, 0.1) is 5.92 Å². The highest BCUT2D eigenvalue weighted by Crippen LogP contribution is 2.30. The maximum absolute atomic E-state index is 13.1. The summed E-state index contributed by atoms with van der Waals surface area (Å²) in [5, 5.41) is 2.98. The van der Waals surface area contributed by atoms with E-state index >= 15 is 0 Å². The summed E-state index contributed by atoms with van der Waals surface area (Å²) in [7, 11) is 0. The third-order valence-corrected chi connectivity index (χ3v) is 5.69. The molecule has 1 aromatic carbocycles. The smallest absolute Gasteiger partial charge is 0.241 e. The van der Waals surface area contributed by atoms with Gasteiger partial charge < -0.3 is 10.2 Å². The fourth-order valence-electron chi connectivity index (χ4n) is 4.02. The standard InChI is InChI=1S/C22H34N4O2/c1-17(2)14-23-21(27)15-24-10-12-25(13-11-24)16-22(28)26-18(3)8-9-19-6-4-5-7-20(19)26/h4-7,17-18H,8-16H2,1-3H3,(H,23,27). The summed E-state index contributed by atoms with van der Waals surface area (Å²) >= 11 is 0. The Kier molecular flexibility index (Phi) is 7.08. The summed E-state index contributed by atoms with van der Waals surface area (Å²) < 4.78 is 0. The van der Waals surface area contributed by atoms with Gasteiger partial charge in [-0.05, 0) is 37.3 Å². The highest BCUT2D eigenvalue weighted by atomic mass is 16.2. The zero-order chi connectivity index (χ0) is 20.1. The van der Waals surface area contributed by atoms with E-state index in [0.29, 0.717) is 19.0 Å². The van der Waals surface area contributed by atoms with E-state index in [1.165, 1.54) is 5.56 Å². The molecular formula is C22H34N4O2. The molecule has 1 saturated heterocycles. The Morgan fingerprint density at radius 3 is 2.39 bits per heavy atom. The molecule has 0 aromatic heterocycles. The number of fused-ring (bicyclic) bond motifs is 1. The Hall–Kier alpha value is -1.92. The molecule has 0 bridgehead atoms. The third-order valence-electron chi connectivity index (χ3n) is 5.69. The first kappa shape index (κ1) is 20.8. The van der Waals surface area contributed by atoms with Crippen LogP contribution >= 0.6 is 0 Å². The molecule has 0 saturated carbocycles. The minimum atomic E-state index is 0.0944. The van der Waals surface area contributed by atoms with E-state index in [4.69, 9.17) is 0 Å². The van der Waals surface area contributed by atoms with Crippen LogP contribution in [0.5, 0.6) is 0 Å². The molecule has 2 aliphatic rings. The molecule has 154 valence electrons. The molecule has 0 spiro atoms. The lowest BCUT2D eigenvalue weighted by atomic mass is 9.96. The van der Waals surface area contributed by atoms with Crippen molar-refractivity contribution >= 4 is 17.5 Å². The van der Waals surface area contributed by atoms with Gasteiger partial charge in [-0.3, -0.25) is 19.4 Å². The van der Waals surface area contributed by atoms with Crippen LogP contribution in [-0.4, -0.2) is 73.5 Å². The molecule has 1 aromatic rings. The summed E-state index contributed by atoms with van der Waals surface area (Å²) in [6.45, 7) is 11.3. The summed E-state index contributed by atoms with van der Waals surface area (Å²) in [5.74, 6) is 0.744. The number of nitrogens with one attached hydrogen (secondary N) is 1. The Bertz CT molecular complexity index is 683. The molecule has 1 unspecified atom stereocenters. The number of hydrogen-bond acceptors (Lipinski definition) is 4. The molecule has 6 heteroatoms. The van der Waals surface area contributed by atoms with Gasteiger partial charge in [-0.2, -0.15) is 0 Å². The van der Waals surface area contributed by atoms with Crippen LogP contribution in [-0.2, 0) is 16.0 Å².